The maximum absolute atomic E-state index is 5.81. The van der Waals surface area contributed by atoms with Crippen molar-refractivity contribution in [2.45, 2.75) is 33.4 Å². The van der Waals surface area contributed by atoms with Gasteiger partial charge in [0.2, 0.25) is 0 Å². The number of para-hydroxylation sites is 1. The van der Waals surface area contributed by atoms with Gasteiger partial charge in [0.1, 0.15) is 16.4 Å². The van der Waals surface area contributed by atoms with E-state index in [0.29, 0.717) is 6.04 Å². The van der Waals surface area contributed by atoms with Gasteiger partial charge in [-0.15, -0.1) is 11.3 Å². The first-order valence-electron chi connectivity index (χ1n) is 6.81. The van der Waals surface area contributed by atoms with Crippen LogP contribution in [-0.4, -0.2) is 11.0 Å². The molecule has 4 heteroatoms. The summed E-state index contributed by atoms with van der Waals surface area (Å²) in [5, 5.41) is 5.60. The lowest BCUT2D eigenvalue weighted by molar-refractivity contribution is 0.580. The standard InChI is InChI=1S/C16H18N2OS/c1-10(2)17-8-12-9-18-16(20-12)15-11(3)19-14-7-5-4-6-13(14)15/h4-7,9-10,17H,8H2,1-3H3. The van der Waals surface area contributed by atoms with Gasteiger partial charge in [-0.25, -0.2) is 4.98 Å². The zero-order chi connectivity index (χ0) is 14.1. The van der Waals surface area contributed by atoms with Crippen molar-refractivity contribution in [2.75, 3.05) is 0 Å². The maximum Gasteiger partial charge on any atom is 0.135 e. The summed E-state index contributed by atoms with van der Waals surface area (Å²) < 4.78 is 5.81. The van der Waals surface area contributed by atoms with E-state index < -0.39 is 0 Å². The molecule has 3 aromatic rings. The Labute approximate surface area is 122 Å². The molecule has 0 aliphatic rings. The Morgan fingerprint density at radius 3 is 2.90 bits per heavy atom. The third kappa shape index (κ3) is 2.49. The molecule has 104 valence electrons. The lowest BCUT2D eigenvalue weighted by atomic mass is 10.1. The van der Waals surface area contributed by atoms with Crippen molar-refractivity contribution in [1.29, 1.82) is 0 Å². The van der Waals surface area contributed by atoms with Crippen LogP contribution in [0.1, 0.15) is 24.5 Å². The molecule has 0 aliphatic carbocycles. The van der Waals surface area contributed by atoms with E-state index in [1.165, 1.54) is 4.88 Å². The monoisotopic (exact) mass is 286 g/mol. The van der Waals surface area contributed by atoms with Crippen LogP contribution in [0.5, 0.6) is 0 Å². The number of aryl methyl sites for hydroxylation is 1. The first-order valence-corrected chi connectivity index (χ1v) is 7.63. The average Bonchev–Trinajstić information content (AvgIpc) is 2.99. The second-order valence-corrected chi connectivity index (χ2v) is 6.31. The van der Waals surface area contributed by atoms with Gasteiger partial charge in [0.15, 0.2) is 0 Å². The number of fused-ring (bicyclic) bond motifs is 1. The van der Waals surface area contributed by atoms with Crippen LogP contribution in [0.25, 0.3) is 21.5 Å². The van der Waals surface area contributed by atoms with Gasteiger partial charge in [0.05, 0.1) is 5.56 Å². The Hall–Kier alpha value is -1.65. The highest BCUT2D eigenvalue weighted by Crippen LogP contribution is 2.36. The Morgan fingerprint density at radius 1 is 1.30 bits per heavy atom. The summed E-state index contributed by atoms with van der Waals surface area (Å²) in [4.78, 5) is 5.81. The Bertz CT molecular complexity index is 727. The van der Waals surface area contributed by atoms with Gasteiger partial charge in [0.25, 0.3) is 0 Å². The minimum atomic E-state index is 0.483. The molecule has 2 aromatic heterocycles. The van der Waals surface area contributed by atoms with Crippen molar-refractivity contribution in [3.8, 4) is 10.6 Å². The molecule has 0 radical (unpaired) electrons. The lowest BCUT2D eigenvalue weighted by Crippen LogP contribution is -2.21. The summed E-state index contributed by atoms with van der Waals surface area (Å²) in [6, 6.07) is 8.61. The van der Waals surface area contributed by atoms with Gasteiger partial charge in [0, 0.05) is 29.0 Å². The molecule has 0 aliphatic heterocycles. The van der Waals surface area contributed by atoms with Crippen LogP contribution in [0.3, 0.4) is 0 Å². The fraction of sp³-hybridized carbons (Fsp3) is 0.312. The number of hydrogen-bond donors (Lipinski definition) is 1. The predicted molar refractivity (Wildman–Crippen MR) is 84.0 cm³/mol. The molecular weight excluding hydrogens is 268 g/mol. The summed E-state index contributed by atoms with van der Waals surface area (Å²) in [5.41, 5.74) is 2.05. The van der Waals surface area contributed by atoms with Gasteiger partial charge in [-0.3, -0.25) is 0 Å². The minimum absolute atomic E-state index is 0.483. The number of hydrogen-bond acceptors (Lipinski definition) is 4. The highest BCUT2D eigenvalue weighted by Gasteiger charge is 2.15. The topological polar surface area (TPSA) is 38.1 Å². The average molecular weight is 286 g/mol. The van der Waals surface area contributed by atoms with Crippen molar-refractivity contribution in [3.63, 3.8) is 0 Å². The van der Waals surface area contributed by atoms with E-state index >= 15 is 0 Å². The summed E-state index contributed by atoms with van der Waals surface area (Å²) in [5.74, 6) is 0.934. The van der Waals surface area contributed by atoms with Crippen molar-refractivity contribution in [1.82, 2.24) is 10.3 Å². The summed E-state index contributed by atoms with van der Waals surface area (Å²) >= 11 is 1.73. The predicted octanol–water partition coefficient (Wildman–Crippen LogP) is 4.36. The van der Waals surface area contributed by atoms with E-state index in [9.17, 15) is 0 Å². The van der Waals surface area contributed by atoms with Crippen molar-refractivity contribution in [2.24, 2.45) is 0 Å². The number of furan rings is 1. The molecule has 0 bridgehead atoms. The quantitative estimate of drug-likeness (QED) is 0.774. The number of nitrogens with zero attached hydrogens (tertiary/aromatic N) is 1. The van der Waals surface area contributed by atoms with E-state index in [1.54, 1.807) is 11.3 Å². The number of aromatic nitrogens is 1. The van der Waals surface area contributed by atoms with E-state index in [2.05, 4.69) is 30.2 Å². The Kier molecular flexibility index (Phi) is 3.59. The van der Waals surface area contributed by atoms with Gasteiger partial charge >= 0.3 is 0 Å². The van der Waals surface area contributed by atoms with E-state index in [1.807, 2.05) is 31.3 Å². The van der Waals surface area contributed by atoms with Crippen LogP contribution in [-0.2, 0) is 6.54 Å². The smallest absolute Gasteiger partial charge is 0.135 e. The second-order valence-electron chi connectivity index (χ2n) is 5.20. The largest absolute Gasteiger partial charge is 0.461 e. The van der Waals surface area contributed by atoms with E-state index in [-0.39, 0.29) is 0 Å². The molecule has 20 heavy (non-hydrogen) atoms. The highest BCUT2D eigenvalue weighted by atomic mass is 32.1. The van der Waals surface area contributed by atoms with Crippen LogP contribution in [0.15, 0.2) is 34.9 Å². The second kappa shape index (κ2) is 5.38. The number of rotatable bonds is 4. The summed E-state index contributed by atoms with van der Waals surface area (Å²) in [7, 11) is 0. The molecule has 0 atom stereocenters. The molecule has 0 amide bonds. The fourth-order valence-electron chi connectivity index (χ4n) is 2.24. The van der Waals surface area contributed by atoms with Crippen molar-refractivity contribution in [3.05, 3.63) is 41.1 Å². The number of nitrogens with one attached hydrogen (secondary N) is 1. The molecule has 3 nitrogen and oxygen atoms in total. The van der Waals surface area contributed by atoms with Gasteiger partial charge in [-0.05, 0) is 13.0 Å². The molecular formula is C16H18N2OS. The molecule has 0 fully saturated rings. The van der Waals surface area contributed by atoms with Crippen LogP contribution < -0.4 is 5.32 Å². The lowest BCUT2D eigenvalue weighted by Gasteiger charge is -2.04. The molecule has 0 saturated heterocycles. The highest BCUT2D eigenvalue weighted by molar-refractivity contribution is 7.15. The van der Waals surface area contributed by atoms with E-state index in [0.717, 1.165) is 33.8 Å². The number of thiazole rings is 1. The fourth-order valence-corrected chi connectivity index (χ4v) is 3.21. The van der Waals surface area contributed by atoms with Gasteiger partial charge in [-0.1, -0.05) is 32.0 Å². The van der Waals surface area contributed by atoms with Crippen LogP contribution in [0.4, 0.5) is 0 Å². The Balaban J connectivity index is 1.97. The maximum atomic E-state index is 5.81. The molecule has 1 N–H and O–H groups in total. The zero-order valence-electron chi connectivity index (χ0n) is 11.9. The normalized spacial score (nSPS) is 11.6. The third-order valence-corrected chi connectivity index (χ3v) is 4.24. The van der Waals surface area contributed by atoms with Crippen LogP contribution in [0.2, 0.25) is 0 Å². The van der Waals surface area contributed by atoms with Crippen LogP contribution >= 0.6 is 11.3 Å². The van der Waals surface area contributed by atoms with Gasteiger partial charge < -0.3 is 9.73 Å². The Morgan fingerprint density at radius 2 is 2.10 bits per heavy atom. The third-order valence-electron chi connectivity index (χ3n) is 3.22. The van der Waals surface area contributed by atoms with Gasteiger partial charge in [-0.2, -0.15) is 0 Å². The first-order chi connectivity index (χ1) is 9.65. The van der Waals surface area contributed by atoms with Crippen LogP contribution in [0, 0.1) is 6.92 Å². The SMILES string of the molecule is Cc1oc2ccccc2c1-c1ncc(CNC(C)C)s1. The summed E-state index contributed by atoms with van der Waals surface area (Å²) in [6.45, 7) is 7.16. The molecule has 3 rings (SSSR count). The summed E-state index contributed by atoms with van der Waals surface area (Å²) in [6.07, 6.45) is 1.95. The van der Waals surface area contributed by atoms with Crippen molar-refractivity contribution >= 4 is 22.3 Å². The number of benzene rings is 1. The van der Waals surface area contributed by atoms with E-state index in [4.69, 9.17) is 4.42 Å². The molecule has 2 heterocycles. The molecule has 0 unspecified atom stereocenters. The first kappa shape index (κ1) is 13.3. The zero-order valence-corrected chi connectivity index (χ0v) is 12.8. The van der Waals surface area contributed by atoms with Crippen molar-refractivity contribution < 1.29 is 4.42 Å². The molecule has 1 aromatic carbocycles. The minimum Gasteiger partial charge on any atom is -0.461 e. The molecule has 0 spiro atoms. The molecule has 0 saturated carbocycles.